The summed E-state index contributed by atoms with van der Waals surface area (Å²) < 4.78 is 37.8. The number of sulfonamides is 1. The predicted molar refractivity (Wildman–Crippen MR) is 111 cm³/mol. The van der Waals surface area contributed by atoms with Crippen LogP contribution in [0.2, 0.25) is 0 Å². The Morgan fingerprint density at radius 2 is 1.24 bits per heavy atom. The molecule has 0 atom stereocenters. The molecule has 6 nitrogen and oxygen atoms in total. The first-order chi connectivity index (χ1) is 13.9. The molecule has 150 valence electrons. The first kappa shape index (κ1) is 20.4. The van der Waals surface area contributed by atoms with Crippen molar-refractivity contribution in [2.75, 3.05) is 18.5 Å². The fourth-order valence-electron chi connectivity index (χ4n) is 2.75. The molecule has 0 unspecified atom stereocenters. The largest absolute Gasteiger partial charge is 0.497 e. The van der Waals surface area contributed by atoms with Gasteiger partial charge in [-0.15, -0.1) is 0 Å². The molecule has 7 heteroatoms. The van der Waals surface area contributed by atoms with Gasteiger partial charge >= 0.3 is 0 Å². The average molecular weight is 411 g/mol. The number of nitrogens with zero attached hydrogens (tertiary/aromatic N) is 1. The highest BCUT2D eigenvalue weighted by Gasteiger charge is 2.32. The van der Waals surface area contributed by atoms with Gasteiger partial charge in [0.2, 0.25) is 0 Å². The van der Waals surface area contributed by atoms with E-state index in [2.05, 4.69) is 0 Å². The molecule has 3 aromatic carbocycles. The maximum atomic E-state index is 13.4. The van der Waals surface area contributed by atoms with E-state index in [1.807, 2.05) is 6.92 Å². The number of carbonyl (C=O) groups excluding carboxylic acids is 1. The zero-order valence-electron chi connectivity index (χ0n) is 16.3. The number of ether oxygens (including phenoxy) is 2. The second kappa shape index (κ2) is 8.36. The maximum Gasteiger partial charge on any atom is 0.272 e. The van der Waals surface area contributed by atoms with Gasteiger partial charge in [0.15, 0.2) is 0 Å². The quantitative estimate of drug-likeness (QED) is 0.612. The molecule has 3 rings (SSSR count). The maximum absolute atomic E-state index is 13.4. The number of aryl methyl sites for hydroxylation is 1. The van der Waals surface area contributed by atoms with Crippen molar-refractivity contribution >= 4 is 21.6 Å². The van der Waals surface area contributed by atoms with E-state index in [4.69, 9.17) is 9.47 Å². The van der Waals surface area contributed by atoms with Crippen LogP contribution in [0.15, 0.2) is 77.7 Å². The summed E-state index contributed by atoms with van der Waals surface area (Å²) in [4.78, 5) is 13.3. The Morgan fingerprint density at radius 3 is 1.72 bits per heavy atom. The van der Waals surface area contributed by atoms with Crippen LogP contribution in [0.25, 0.3) is 0 Å². The van der Waals surface area contributed by atoms with E-state index in [0.717, 1.165) is 9.87 Å². The molecule has 0 saturated carbocycles. The molecular weight excluding hydrogens is 390 g/mol. The molecule has 0 aliphatic heterocycles. The minimum absolute atomic E-state index is 0.0285. The third-order valence-corrected chi connectivity index (χ3v) is 6.11. The summed E-state index contributed by atoms with van der Waals surface area (Å²) in [5.41, 5.74) is 1.35. The number of benzene rings is 3. The van der Waals surface area contributed by atoms with Crippen molar-refractivity contribution in [1.82, 2.24) is 0 Å². The molecule has 0 N–H and O–H groups in total. The Labute approximate surface area is 170 Å². The van der Waals surface area contributed by atoms with Crippen LogP contribution in [0.5, 0.6) is 11.5 Å². The molecule has 1 amide bonds. The van der Waals surface area contributed by atoms with Crippen molar-refractivity contribution in [3.8, 4) is 11.5 Å². The van der Waals surface area contributed by atoms with Crippen molar-refractivity contribution in [3.05, 3.63) is 83.9 Å². The lowest BCUT2D eigenvalue weighted by atomic mass is 10.2. The van der Waals surface area contributed by atoms with Crippen molar-refractivity contribution in [2.45, 2.75) is 11.8 Å². The van der Waals surface area contributed by atoms with Crippen LogP contribution in [-0.4, -0.2) is 28.5 Å². The van der Waals surface area contributed by atoms with Gasteiger partial charge in [-0.25, -0.2) is 8.42 Å². The average Bonchev–Trinajstić information content (AvgIpc) is 2.74. The number of anilines is 1. The highest BCUT2D eigenvalue weighted by atomic mass is 32.2. The number of amides is 1. The van der Waals surface area contributed by atoms with Gasteiger partial charge in [0.25, 0.3) is 15.9 Å². The van der Waals surface area contributed by atoms with Crippen LogP contribution in [0.4, 0.5) is 5.69 Å². The van der Waals surface area contributed by atoms with Gasteiger partial charge in [-0.1, -0.05) is 17.7 Å². The Morgan fingerprint density at radius 1 is 0.759 bits per heavy atom. The Balaban J connectivity index is 2.11. The third-order valence-electron chi connectivity index (χ3n) is 4.39. The molecule has 0 spiro atoms. The van der Waals surface area contributed by atoms with E-state index in [9.17, 15) is 13.2 Å². The van der Waals surface area contributed by atoms with Crippen LogP contribution in [0.1, 0.15) is 15.9 Å². The zero-order valence-corrected chi connectivity index (χ0v) is 17.1. The van der Waals surface area contributed by atoms with Gasteiger partial charge in [-0.2, -0.15) is 4.31 Å². The fraction of sp³-hybridized carbons (Fsp3) is 0.136. The molecule has 0 fully saturated rings. The predicted octanol–water partition coefficient (Wildman–Crippen LogP) is 4.05. The summed E-state index contributed by atoms with van der Waals surface area (Å²) in [5, 5.41) is 0. The smallest absolute Gasteiger partial charge is 0.272 e. The van der Waals surface area contributed by atoms with Crippen LogP contribution >= 0.6 is 0 Å². The number of methoxy groups -OCH3 is 2. The van der Waals surface area contributed by atoms with Gasteiger partial charge in [0, 0.05) is 5.56 Å². The van der Waals surface area contributed by atoms with E-state index in [0.29, 0.717) is 11.5 Å². The standard InChI is InChI=1S/C22H21NO5S/c1-16-4-14-21(15-5-16)29(25,26)23(18-8-12-20(28-3)13-9-18)22(24)17-6-10-19(27-2)11-7-17/h4-15H,1-3H3. The van der Waals surface area contributed by atoms with Gasteiger partial charge in [0.05, 0.1) is 24.8 Å². The van der Waals surface area contributed by atoms with Gasteiger partial charge in [-0.3, -0.25) is 4.79 Å². The lowest BCUT2D eigenvalue weighted by Gasteiger charge is -2.23. The first-order valence-electron chi connectivity index (χ1n) is 8.81. The van der Waals surface area contributed by atoms with E-state index < -0.39 is 15.9 Å². The van der Waals surface area contributed by atoms with Crippen molar-refractivity contribution in [2.24, 2.45) is 0 Å². The number of carbonyl (C=O) groups is 1. The van der Waals surface area contributed by atoms with Crippen molar-refractivity contribution < 1.29 is 22.7 Å². The van der Waals surface area contributed by atoms with Crippen LogP contribution in [-0.2, 0) is 10.0 Å². The van der Waals surface area contributed by atoms with Crippen LogP contribution in [0, 0.1) is 6.92 Å². The molecule has 0 aliphatic carbocycles. The van der Waals surface area contributed by atoms with E-state index in [-0.39, 0.29) is 16.1 Å². The number of hydrogen-bond donors (Lipinski definition) is 0. The summed E-state index contributed by atoms with van der Waals surface area (Å²) in [7, 11) is -1.11. The highest BCUT2D eigenvalue weighted by Crippen LogP contribution is 2.28. The summed E-state index contributed by atoms with van der Waals surface area (Å²) in [5.74, 6) is 0.454. The summed E-state index contributed by atoms with van der Waals surface area (Å²) >= 11 is 0. The Bertz CT molecular complexity index is 1090. The van der Waals surface area contributed by atoms with E-state index in [1.165, 1.54) is 50.6 Å². The van der Waals surface area contributed by atoms with Gasteiger partial charge < -0.3 is 9.47 Å². The molecule has 3 aromatic rings. The second-order valence-electron chi connectivity index (χ2n) is 6.31. The highest BCUT2D eigenvalue weighted by molar-refractivity contribution is 7.93. The normalized spacial score (nSPS) is 11.0. The molecule has 0 saturated heterocycles. The third kappa shape index (κ3) is 4.25. The SMILES string of the molecule is COc1ccc(C(=O)N(c2ccc(OC)cc2)S(=O)(=O)c2ccc(C)cc2)cc1. The van der Waals surface area contributed by atoms with E-state index in [1.54, 1.807) is 36.4 Å². The molecular formula is C22H21NO5S. The van der Waals surface area contributed by atoms with E-state index >= 15 is 0 Å². The zero-order chi connectivity index (χ0) is 21.0. The fourth-order valence-corrected chi connectivity index (χ4v) is 4.16. The Kier molecular flexibility index (Phi) is 5.89. The van der Waals surface area contributed by atoms with Crippen molar-refractivity contribution in [3.63, 3.8) is 0 Å². The van der Waals surface area contributed by atoms with Crippen LogP contribution in [0.3, 0.4) is 0 Å². The molecule has 0 bridgehead atoms. The van der Waals surface area contributed by atoms with Crippen molar-refractivity contribution in [1.29, 1.82) is 0 Å². The molecule has 0 radical (unpaired) electrons. The summed E-state index contributed by atoms with van der Waals surface area (Å²) in [6.07, 6.45) is 0. The Hall–Kier alpha value is -3.32. The number of hydrogen-bond acceptors (Lipinski definition) is 5. The molecule has 29 heavy (non-hydrogen) atoms. The minimum atomic E-state index is -4.14. The van der Waals surface area contributed by atoms with Gasteiger partial charge in [-0.05, 0) is 67.6 Å². The lowest BCUT2D eigenvalue weighted by Crippen LogP contribution is -2.37. The molecule has 0 aliphatic rings. The van der Waals surface area contributed by atoms with Crippen LogP contribution < -0.4 is 13.8 Å². The topological polar surface area (TPSA) is 72.9 Å². The lowest BCUT2D eigenvalue weighted by molar-refractivity contribution is 0.101. The minimum Gasteiger partial charge on any atom is -0.497 e. The molecule has 0 heterocycles. The van der Waals surface area contributed by atoms with Gasteiger partial charge in [0.1, 0.15) is 11.5 Å². The number of rotatable bonds is 6. The summed E-state index contributed by atoms with van der Waals surface area (Å²) in [6.45, 7) is 1.86. The second-order valence-corrected chi connectivity index (χ2v) is 8.10. The summed E-state index contributed by atoms with van der Waals surface area (Å²) in [6, 6.07) is 18.9. The monoisotopic (exact) mass is 411 g/mol. The molecule has 0 aromatic heterocycles. The first-order valence-corrected chi connectivity index (χ1v) is 10.3.